The van der Waals surface area contributed by atoms with E-state index in [2.05, 4.69) is 16.8 Å². The van der Waals surface area contributed by atoms with Crippen LogP contribution < -0.4 is 0 Å². The number of sulfonamides is 1. The Morgan fingerprint density at radius 2 is 2.26 bits per heavy atom. The van der Waals surface area contributed by atoms with Crippen molar-refractivity contribution in [1.82, 2.24) is 14.2 Å². The second-order valence-electron chi connectivity index (χ2n) is 6.20. The summed E-state index contributed by atoms with van der Waals surface area (Å²) in [6, 6.07) is -0.0370. The van der Waals surface area contributed by atoms with Crippen LogP contribution in [0.4, 0.5) is 0 Å². The SMILES string of the molecule is CCN1CC[C@H]2OCCN(S(=O)(=O)CCc3scnc3C)[C@H]2C1. The van der Waals surface area contributed by atoms with Crippen LogP contribution in [0.25, 0.3) is 0 Å². The Balaban J connectivity index is 1.71. The van der Waals surface area contributed by atoms with Gasteiger partial charge in [0.25, 0.3) is 0 Å². The van der Waals surface area contributed by atoms with E-state index in [9.17, 15) is 8.42 Å². The van der Waals surface area contributed by atoms with E-state index in [0.717, 1.165) is 36.6 Å². The van der Waals surface area contributed by atoms with Gasteiger partial charge in [0, 0.05) is 24.5 Å². The number of ether oxygens (including phenoxy) is 1. The monoisotopic (exact) mass is 359 g/mol. The number of fused-ring (bicyclic) bond motifs is 1. The first-order valence-corrected chi connectivity index (χ1v) is 10.7. The predicted octanol–water partition coefficient (Wildman–Crippen LogP) is 1.12. The maximum absolute atomic E-state index is 12.9. The molecule has 0 N–H and O–H groups in total. The molecule has 0 saturated carbocycles. The Morgan fingerprint density at radius 3 is 2.96 bits per heavy atom. The van der Waals surface area contributed by atoms with E-state index in [1.807, 2.05) is 6.92 Å². The fraction of sp³-hybridized carbons (Fsp3) is 0.800. The molecule has 2 aliphatic heterocycles. The zero-order chi connectivity index (χ0) is 16.4. The zero-order valence-electron chi connectivity index (χ0n) is 13.8. The molecule has 2 atom stereocenters. The van der Waals surface area contributed by atoms with Crippen LogP contribution in [0.1, 0.15) is 23.9 Å². The van der Waals surface area contributed by atoms with E-state index in [1.54, 1.807) is 9.82 Å². The Hall–Kier alpha value is -0.540. The first-order valence-electron chi connectivity index (χ1n) is 8.23. The zero-order valence-corrected chi connectivity index (χ0v) is 15.4. The van der Waals surface area contributed by atoms with E-state index >= 15 is 0 Å². The molecule has 0 spiro atoms. The van der Waals surface area contributed by atoms with Gasteiger partial charge in [0.1, 0.15) is 0 Å². The number of thiazole rings is 1. The van der Waals surface area contributed by atoms with Crippen LogP contribution in [0.5, 0.6) is 0 Å². The third kappa shape index (κ3) is 3.76. The molecule has 0 bridgehead atoms. The molecule has 2 fully saturated rings. The summed E-state index contributed by atoms with van der Waals surface area (Å²) >= 11 is 1.54. The maximum atomic E-state index is 12.9. The minimum Gasteiger partial charge on any atom is -0.375 e. The van der Waals surface area contributed by atoms with E-state index in [-0.39, 0.29) is 17.9 Å². The van der Waals surface area contributed by atoms with E-state index in [4.69, 9.17) is 4.74 Å². The fourth-order valence-corrected chi connectivity index (χ4v) is 6.02. The van der Waals surface area contributed by atoms with Crippen LogP contribution in [-0.4, -0.2) is 73.3 Å². The lowest BCUT2D eigenvalue weighted by Crippen LogP contribution is -2.61. The lowest BCUT2D eigenvalue weighted by Gasteiger charge is -2.46. The molecule has 3 rings (SSSR count). The highest BCUT2D eigenvalue weighted by molar-refractivity contribution is 7.89. The van der Waals surface area contributed by atoms with Crippen molar-refractivity contribution >= 4 is 21.4 Å². The number of hydrogen-bond donors (Lipinski definition) is 0. The molecule has 6 nitrogen and oxygen atoms in total. The van der Waals surface area contributed by atoms with Crippen LogP contribution in [0.2, 0.25) is 0 Å². The maximum Gasteiger partial charge on any atom is 0.214 e. The van der Waals surface area contributed by atoms with Crippen molar-refractivity contribution in [2.24, 2.45) is 0 Å². The Kier molecular flexibility index (Phi) is 5.37. The smallest absolute Gasteiger partial charge is 0.214 e. The lowest BCUT2D eigenvalue weighted by atomic mass is 10.0. The third-order valence-electron chi connectivity index (χ3n) is 4.85. The normalized spacial score (nSPS) is 27.0. The number of nitrogens with zero attached hydrogens (tertiary/aromatic N) is 3. The van der Waals surface area contributed by atoms with Crippen molar-refractivity contribution < 1.29 is 13.2 Å². The fourth-order valence-electron chi connectivity index (χ4n) is 3.44. The van der Waals surface area contributed by atoms with Gasteiger partial charge in [0.05, 0.1) is 35.7 Å². The summed E-state index contributed by atoms with van der Waals surface area (Å²) in [4.78, 5) is 7.58. The molecule has 0 unspecified atom stereocenters. The highest BCUT2D eigenvalue weighted by Crippen LogP contribution is 2.26. The number of aryl methyl sites for hydroxylation is 2. The van der Waals surface area contributed by atoms with Crippen LogP contribution in [0.15, 0.2) is 5.51 Å². The molecule has 0 amide bonds. The minimum absolute atomic E-state index is 0.0370. The second-order valence-corrected chi connectivity index (χ2v) is 9.18. The predicted molar refractivity (Wildman–Crippen MR) is 91.3 cm³/mol. The molecular weight excluding hydrogens is 334 g/mol. The molecule has 8 heteroatoms. The third-order valence-corrected chi connectivity index (χ3v) is 7.74. The average Bonchev–Trinajstić information content (AvgIpc) is 2.97. The quantitative estimate of drug-likeness (QED) is 0.788. The van der Waals surface area contributed by atoms with Crippen molar-refractivity contribution in [3.05, 3.63) is 16.1 Å². The van der Waals surface area contributed by atoms with Crippen molar-refractivity contribution in [2.45, 2.75) is 38.8 Å². The van der Waals surface area contributed by atoms with Gasteiger partial charge in [-0.1, -0.05) is 6.92 Å². The first-order chi connectivity index (χ1) is 11.0. The Morgan fingerprint density at radius 1 is 1.43 bits per heavy atom. The first kappa shape index (κ1) is 17.3. The van der Waals surface area contributed by atoms with Crippen molar-refractivity contribution in [2.75, 3.05) is 38.5 Å². The van der Waals surface area contributed by atoms with Crippen LogP contribution >= 0.6 is 11.3 Å². The summed E-state index contributed by atoms with van der Waals surface area (Å²) in [6.45, 7) is 7.76. The molecule has 1 aromatic heterocycles. The van der Waals surface area contributed by atoms with Gasteiger partial charge in [0.15, 0.2) is 0 Å². The molecule has 0 radical (unpaired) electrons. The largest absolute Gasteiger partial charge is 0.375 e. The summed E-state index contributed by atoms with van der Waals surface area (Å²) in [6.07, 6.45) is 1.51. The summed E-state index contributed by atoms with van der Waals surface area (Å²) < 4.78 is 33.3. The molecule has 0 aliphatic carbocycles. The summed E-state index contributed by atoms with van der Waals surface area (Å²) in [5.41, 5.74) is 2.72. The van der Waals surface area contributed by atoms with Gasteiger partial charge in [-0.2, -0.15) is 4.31 Å². The number of piperidine rings is 1. The topological polar surface area (TPSA) is 62.7 Å². The van der Waals surface area contributed by atoms with Crippen molar-refractivity contribution in [1.29, 1.82) is 0 Å². The number of aromatic nitrogens is 1. The van der Waals surface area contributed by atoms with Gasteiger partial charge in [0.2, 0.25) is 10.0 Å². The van der Waals surface area contributed by atoms with Crippen molar-refractivity contribution in [3.8, 4) is 0 Å². The van der Waals surface area contributed by atoms with Gasteiger partial charge in [-0.05, 0) is 26.3 Å². The number of rotatable bonds is 5. The molecule has 23 heavy (non-hydrogen) atoms. The van der Waals surface area contributed by atoms with Gasteiger partial charge in [-0.25, -0.2) is 13.4 Å². The molecular formula is C15H25N3O3S2. The Bertz CT molecular complexity index is 632. The molecule has 2 aliphatic rings. The van der Waals surface area contributed by atoms with Gasteiger partial charge < -0.3 is 9.64 Å². The number of morpholine rings is 1. The summed E-state index contributed by atoms with van der Waals surface area (Å²) in [7, 11) is -3.27. The highest BCUT2D eigenvalue weighted by atomic mass is 32.2. The number of hydrogen-bond acceptors (Lipinski definition) is 6. The highest BCUT2D eigenvalue weighted by Gasteiger charge is 2.41. The average molecular weight is 360 g/mol. The van der Waals surface area contributed by atoms with Gasteiger partial charge >= 0.3 is 0 Å². The summed E-state index contributed by atoms with van der Waals surface area (Å²) in [5.74, 6) is 0.158. The van der Waals surface area contributed by atoms with Gasteiger partial charge in [-0.15, -0.1) is 11.3 Å². The molecule has 2 saturated heterocycles. The van der Waals surface area contributed by atoms with E-state index in [1.165, 1.54) is 11.3 Å². The summed E-state index contributed by atoms with van der Waals surface area (Å²) in [5, 5.41) is 0. The van der Waals surface area contributed by atoms with E-state index in [0.29, 0.717) is 19.6 Å². The van der Waals surface area contributed by atoms with Crippen molar-refractivity contribution in [3.63, 3.8) is 0 Å². The van der Waals surface area contributed by atoms with Crippen LogP contribution in [0.3, 0.4) is 0 Å². The minimum atomic E-state index is -3.27. The Labute approximate surface area is 142 Å². The number of likely N-dealkylation sites (tertiary alicyclic amines) is 1. The number of likely N-dealkylation sites (N-methyl/N-ethyl adjacent to an activating group) is 1. The molecule has 130 valence electrons. The molecule has 3 heterocycles. The molecule has 0 aromatic carbocycles. The lowest BCUT2D eigenvalue weighted by molar-refractivity contribution is -0.0749. The second kappa shape index (κ2) is 7.14. The van der Waals surface area contributed by atoms with Crippen LogP contribution in [-0.2, 0) is 21.2 Å². The van der Waals surface area contributed by atoms with E-state index < -0.39 is 10.0 Å². The molecule has 1 aromatic rings. The van der Waals surface area contributed by atoms with Crippen LogP contribution in [0, 0.1) is 6.92 Å². The van der Waals surface area contributed by atoms with Gasteiger partial charge in [-0.3, -0.25) is 0 Å². The standard InChI is InChI=1S/C15H25N3O3S2/c1-3-17-6-4-14-13(10-17)18(7-8-21-14)23(19,20)9-5-15-12(2)16-11-22-15/h11,13-14H,3-10H2,1-2H3/t13-,14+/m0/s1.